The summed E-state index contributed by atoms with van der Waals surface area (Å²) in [5.41, 5.74) is 1.75. The molecule has 0 aliphatic carbocycles. The van der Waals surface area contributed by atoms with E-state index in [0.29, 0.717) is 11.3 Å². The zero-order chi connectivity index (χ0) is 22.2. The maximum Gasteiger partial charge on any atom is 0.251 e. The van der Waals surface area contributed by atoms with E-state index >= 15 is 0 Å². The molecule has 1 fully saturated rings. The van der Waals surface area contributed by atoms with Gasteiger partial charge < -0.3 is 15.4 Å². The van der Waals surface area contributed by atoms with Crippen LogP contribution in [-0.2, 0) is 11.3 Å². The molecule has 1 aliphatic rings. The summed E-state index contributed by atoms with van der Waals surface area (Å²) in [5.74, 6) is 0.917. The second-order valence-corrected chi connectivity index (χ2v) is 7.90. The first kappa shape index (κ1) is 21.6. The number of amides is 2. The largest absolute Gasteiger partial charge is 0.457 e. The number of nitrogens with one attached hydrogen (secondary N) is 2. The fourth-order valence-electron chi connectivity index (χ4n) is 3.78. The van der Waals surface area contributed by atoms with Gasteiger partial charge in [-0.15, -0.1) is 0 Å². The molecule has 3 aromatic carbocycles. The maximum atomic E-state index is 12.4. The second kappa shape index (κ2) is 10.6. The SMILES string of the molecule is O=C(CNC(=O)c1ccc(Oc2ccccc2)cc1)N[C@H]1CCN(Cc2ccccc2)C1. The summed E-state index contributed by atoms with van der Waals surface area (Å²) in [6.45, 7) is 2.60. The van der Waals surface area contributed by atoms with Crippen molar-refractivity contribution in [1.82, 2.24) is 15.5 Å². The molecule has 3 aromatic rings. The summed E-state index contributed by atoms with van der Waals surface area (Å²) in [6, 6.07) is 26.7. The van der Waals surface area contributed by atoms with Crippen molar-refractivity contribution in [2.24, 2.45) is 0 Å². The number of para-hydroxylation sites is 1. The molecule has 0 saturated carbocycles. The Morgan fingerprint density at radius 2 is 1.53 bits per heavy atom. The standard InChI is InChI=1S/C26H27N3O3/c30-25(28-22-15-16-29(19-22)18-20-7-3-1-4-8-20)17-27-26(31)21-11-13-24(14-12-21)32-23-9-5-2-6-10-23/h1-14,22H,15-19H2,(H,27,31)(H,28,30)/t22-/m0/s1. The number of carbonyl (C=O) groups excluding carboxylic acids is 2. The molecule has 6 nitrogen and oxygen atoms in total. The molecule has 0 radical (unpaired) electrons. The van der Waals surface area contributed by atoms with Crippen LogP contribution in [0.4, 0.5) is 0 Å². The number of hydrogen-bond donors (Lipinski definition) is 2. The number of likely N-dealkylation sites (tertiary alicyclic amines) is 1. The Balaban J connectivity index is 1.19. The van der Waals surface area contributed by atoms with E-state index in [2.05, 4.69) is 27.7 Å². The van der Waals surface area contributed by atoms with Crippen molar-refractivity contribution < 1.29 is 14.3 Å². The van der Waals surface area contributed by atoms with Crippen molar-refractivity contribution in [3.8, 4) is 11.5 Å². The molecule has 0 unspecified atom stereocenters. The first-order chi connectivity index (χ1) is 15.7. The number of benzene rings is 3. The molecule has 0 spiro atoms. The van der Waals surface area contributed by atoms with Gasteiger partial charge in [0.15, 0.2) is 0 Å². The fourth-order valence-corrected chi connectivity index (χ4v) is 3.78. The Bertz CT molecular complexity index is 1020. The van der Waals surface area contributed by atoms with Crippen LogP contribution < -0.4 is 15.4 Å². The van der Waals surface area contributed by atoms with Gasteiger partial charge in [0.2, 0.25) is 5.91 Å². The average Bonchev–Trinajstić information content (AvgIpc) is 3.26. The first-order valence-electron chi connectivity index (χ1n) is 10.8. The summed E-state index contributed by atoms with van der Waals surface area (Å²) in [5, 5.41) is 5.71. The highest BCUT2D eigenvalue weighted by Gasteiger charge is 2.23. The maximum absolute atomic E-state index is 12.4. The van der Waals surface area contributed by atoms with Gasteiger partial charge in [0, 0.05) is 31.2 Å². The van der Waals surface area contributed by atoms with E-state index in [9.17, 15) is 9.59 Å². The zero-order valence-corrected chi connectivity index (χ0v) is 17.9. The first-order valence-corrected chi connectivity index (χ1v) is 10.8. The van der Waals surface area contributed by atoms with Gasteiger partial charge in [0.1, 0.15) is 11.5 Å². The van der Waals surface area contributed by atoms with Gasteiger partial charge in [-0.25, -0.2) is 0 Å². The lowest BCUT2D eigenvalue weighted by molar-refractivity contribution is -0.120. The fraction of sp³-hybridized carbons (Fsp3) is 0.231. The third-order valence-electron chi connectivity index (χ3n) is 5.39. The van der Waals surface area contributed by atoms with E-state index in [4.69, 9.17) is 4.74 Å². The average molecular weight is 430 g/mol. The van der Waals surface area contributed by atoms with Crippen molar-refractivity contribution in [3.63, 3.8) is 0 Å². The van der Waals surface area contributed by atoms with Crippen molar-refractivity contribution in [2.45, 2.75) is 19.0 Å². The molecule has 1 atom stereocenters. The minimum absolute atomic E-state index is 0.0454. The Hall–Kier alpha value is -3.64. The van der Waals surface area contributed by atoms with Crippen LogP contribution in [0.2, 0.25) is 0 Å². The highest BCUT2D eigenvalue weighted by molar-refractivity contribution is 5.96. The monoisotopic (exact) mass is 429 g/mol. The Morgan fingerprint density at radius 3 is 2.25 bits per heavy atom. The second-order valence-electron chi connectivity index (χ2n) is 7.90. The number of nitrogens with zero attached hydrogens (tertiary/aromatic N) is 1. The topological polar surface area (TPSA) is 70.7 Å². The van der Waals surface area contributed by atoms with Crippen molar-refractivity contribution in [2.75, 3.05) is 19.6 Å². The Labute approximate surface area is 188 Å². The summed E-state index contributed by atoms with van der Waals surface area (Å²) < 4.78 is 5.73. The van der Waals surface area contributed by atoms with E-state index in [-0.39, 0.29) is 24.4 Å². The predicted molar refractivity (Wildman–Crippen MR) is 124 cm³/mol. The summed E-state index contributed by atoms with van der Waals surface area (Å²) in [7, 11) is 0. The van der Waals surface area contributed by atoms with Crippen LogP contribution >= 0.6 is 0 Å². The van der Waals surface area contributed by atoms with Crippen LogP contribution in [0.1, 0.15) is 22.3 Å². The van der Waals surface area contributed by atoms with E-state index in [0.717, 1.165) is 31.8 Å². The third kappa shape index (κ3) is 6.18. The highest BCUT2D eigenvalue weighted by Crippen LogP contribution is 2.21. The molecule has 1 saturated heterocycles. The van der Waals surface area contributed by atoms with Gasteiger partial charge >= 0.3 is 0 Å². The van der Waals surface area contributed by atoms with E-state index in [1.165, 1.54) is 5.56 Å². The van der Waals surface area contributed by atoms with E-state index in [1.807, 2.05) is 48.5 Å². The van der Waals surface area contributed by atoms with Crippen LogP contribution in [0.25, 0.3) is 0 Å². The van der Waals surface area contributed by atoms with Crippen LogP contribution in [0.3, 0.4) is 0 Å². The molecule has 1 aliphatic heterocycles. The van der Waals surface area contributed by atoms with Crippen molar-refractivity contribution in [3.05, 3.63) is 96.1 Å². The molecule has 0 bridgehead atoms. The molecule has 0 aromatic heterocycles. The number of hydrogen-bond acceptors (Lipinski definition) is 4. The number of ether oxygens (including phenoxy) is 1. The Morgan fingerprint density at radius 1 is 0.875 bits per heavy atom. The minimum Gasteiger partial charge on any atom is -0.457 e. The molecule has 6 heteroatoms. The normalized spacial score (nSPS) is 15.8. The van der Waals surface area contributed by atoms with E-state index in [1.54, 1.807) is 24.3 Å². The minimum atomic E-state index is -0.288. The molecule has 2 N–H and O–H groups in total. The lowest BCUT2D eigenvalue weighted by atomic mass is 10.2. The smallest absolute Gasteiger partial charge is 0.251 e. The molecule has 2 amide bonds. The van der Waals surface area contributed by atoms with Crippen LogP contribution in [-0.4, -0.2) is 42.4 Å². The molecule has 4 rings (SSSR count). The molecule has 1 heterocycles. The molecule has 32 heavy (non-hydrogen) atoms. The summed E-state index contributed by atoms with van der Waals surface area (Å²) in [4.78, 5) is 27.0. The van der Waals surface area contributed by atoms with Gasteiger partial charge in [-0.05, 0) is 48.4 Å². The van der Waals surface area contributed by atoms with Gasteiger partial charge in [-0.1, -0.05) is 48.5 Å². The molecular formula is C26H27N3O3. The highest BCUT2D eigenvalue weighted by atomic mass is 16.5. The number of rotatable bonds is 8. The Kier molecular flexibility index (Phi) is 7.15. The molecular weight excluding hydrogens is 402 g/mol. The van der Waals surface area contributed by atoms with Gasteiger partial charge in [-0.2, -0.15) is 0 Å². The lowest BCUT2D eigenvalue weighted by Crippen LogP contribution is -2.43. The van der Waals surface area contributed by atoms with Crippen molar-refractivity contribution in [1.29, 1.82) is 0 Å². The van der Waals surface area contributed by atoms with Gasteiger partial charge in [0.25, 0.3) is 5.91 Å². The van der Waals surface area contributed by atoms with Gasteiger partial charge in [0.05, 0.1) is 6.54 Å². The molecule has 164 valence electrons. The number of carbonyl (C=O) groups is 2. The van der Waals surface area contributed by atoms with Crippen LogP contribution in [0.15, 0.2) is 84.9 Å². The summed E-state index contributed by atoms with van der Waals surface area (Å²) in [6.07, 6.45) is 0.912. The lowest BCUT2D eigenvalue weighted by Gasteiger charge is -2.17. The predicted octanol–water partition coefficient (Wildman–Crippen LogP) is 3.60. The third-order valence-corrected chi connectivity index (χ3v) is 5.39. The van der Waals surface area contributed by atoms with E-state index < -0.39 is 0 Å². The van der Waals surface area contributed by atoms with Crippen LogP contribution in [0.5, 0.6) is 11.5 Å². The van der Waals surface area contributed by atoms with Crippen LogP contribution in [0, 0.1) is 0 Å². The van der Waals surface area contributed by atoms with Gasteiger partial charge in [-0.3, -0.25) is 14.5 Å². The summed E-state index contributed by atoms with van der Waals surface area (Å²) >= 11 is 0. The van der Waals surface area contributed by atoms with Crippen molar-refractivity contribution >= 4 is 11.8 Å². The zero-order valence-electron chi connectivity index (χ0n) is 17.9. The quantitative estimate of drug-likeness (QED) is 0.574.